The van der Waals surface area contributed by atoms with Crippen LogP contribution in [0, 0.1) is 0 Å². The minimum atomic E-state index is -0.0795. The van der Waals surface area contributed by atoms with E-state index in [4.69, 9.17) is 0 Å². The van der Waals surface area contributed by atoms with Gasteiger partial charge in [-0.3, -0.25) is 19.7 Å². The Bertz CT molecular complexity index is 517. The molecule has 3 rings (SSSR count). The van der Waals surface area contributed by atoms with E-state index in [0.29, 0.717) is 18.4 Å². The number of aromatic nitrogens is 4. The summed E-state index contributed by atoms with van der Waals surface area (Å²) in [7, 11) is 0. The average Bonchev–Trinajstić information content (AvgIpc) is 2.84. The standard InChI is InChI=1S/C10H11N5OS/c16-9(3-8-4-11-6-17-8)13-10-14-12-5-15(10)7-1-2-7/h4-7H,1-3H2,(H,13,14,16). The third kappa shape index (κ3) is 2.33. The molecule has 0 spiro atoms. The summed E-state index contributed by atoms with van der Waals surface area (Å²) in [6.07, 6.45) is 5.98. The molecule has 1 N–H and O–H groups in total. The minimum Gasteiger partial charge on any atom is -0.297 e. The number of nitrogens with one attached hydrogen (secondary N) is 1. The molecular weight excluding hydrogens is 238 g/mol. The molecule has 1 aliphatic carbocycles. The Labute approximate surface area is 102 Å². The van der Waals surface area contributed by atoms with Crippen LogP contribution in [0.4, 0.5) is 5.95 Å². The molecule has 7 heteroatoms. The highest BCUT2D eigenvalue weighted by molar-refractivity contribution is 7.09. The molecule has 1 fully saturated rings. The Hall–Kier alpha value is -1.76. The van der Waals surface area contributed by atoms with Crippen LogP contribution in [0.2, 0.25) is 0 Å². The van der Waals surface area contributed by atoms with Crippen LogP contribution in [0.3, 0.4) is 0 Å². The Kier molecular flexibility index (Phi) is 2.60. The van der Waals surface area contributed by atoms with Crippen molar-refractivity contribution in [3.8, 4) is 0 Å². The lowest BCUT2D eigenvalue weighted by Gasteiger charge is -2.05. The largest absolute Gasteiger partial charge is 0.297 e. The summed E-state index contributed by atoms with van der Waals surface area (Å²) in [4.78, 5) is 16.6. The summed E-state index contributed by atoms with van der Waals surface area (Å²) in [5.41, 5.74) is 1.72. The molecule has 0 saturated heterocycles. The Morgan fingerprint density at radius 3 is 3.18 bits per heavy atom. The highest BCUT2D eigenvalue weighted by Crippen LogP contribution is 2.36. The molecule has 0 aromatic carbocycles. The number of anilines is 1. The van der Waals surface area contributed by atoms with Gasteiger partial charge in [-0.2, -0.15) is 0 Å². The zero-order valence-electron chi connectivity index (χ0n) is 9.04. The topological polar surface area (TPSA) is 72.7 Å². The van der Waals surface area contributed by atoms with Crippen molar-refractivity contribution in [1.82, 2.24) is 19.7 Å². The smallest absolute Gasteiger partial charge is 0.232 e. The van der Waals surface area contributed by atoms with Crippen molar-refractivity contribution in [2.75, 3.05) is 5.32 Å². The van der Waals surface area contributed by atoms with Gasteiger partial charge in [0.15, 0.2) is 0 Å². The molecule has 0 bridgehead atoms. The van der Waals surface area contributed by atoms with Gasteiger partial charge in [0.25, 0.3) is 0 Å². The van der Waals surface area contributed by atoms with Crippen LogP contribution in [0.1, 0.15) is 23.8 Å². The van der Waals surface area contributed by atoms with E-state index in [1.807, 2.05) is 4.57 Å². The third-order valence-electron chi connectivity index (χ3n) is 2.58. The van der Waals surface area contributed by atoms with E-state index in [0.717, 1.165) is 17.7 Å². The SMILES string of the molecule is O=C(Cc1cncs1)Nc1nncn1C1CC1. The lowest BCUT2D eigenvalue weighted by atomic mass is 10.3. The maximum Gasteiger partial charge on any atom is 0.232 e. The monoisotopic (exact) mass is 249 g/mol. The van der Waals surface area contributed by atoms with Gasteiger partial charge < -0.3 is 0 Å². The summed E-state index contributed by atoms with van der Waals surface area (Å²) in [5, 5.41) is 10.5. The van der Waals surface area contributed by atoms with Gasteiger partial charge in [0, 0.05) is 17.1 Å². The number of carbonyl (C=O) groups is 1. The summed E-state index contributed by atoms with van der Waals surface area (Å²) < 4.78 is 1.92. The summed E-state index contributed by atoms with van der Waals surface area (Å²) in [6.45, 7) is 0. The zero-order valence-corrected chi connectivity index (χ0v) is 9.85. The van der Waals surface area contributed by atoms with Gasteiger partial charge in [-0.05, 0) is 12.8 Å². The van der Waals surface area contributed by atoms with Crippen molar-refractivity contribution >= 4 is 23.2 Å². The van der Waals surface area contributed by atoms with Gasteiger partial charge in [0.2, 0.25) is 11.9 Å². The second kappa shape index (κ2) is 4.25. The van der Waals surface area contributed by atoms with Gasteiger partial charge in [-0.25, -0.2) is 0 Å². The maximum absolute atomic E-state index is 11.8. The first-order valence-corrected chi connectivity index (χ1v) is 6.27. The van der Waals surface area contributed by atoms with Crippen molar-refractivity contribution < 1.29 is 4.79 Å². The lowest BCUT2D eigenvalue weighted by molar-refractivity contribution is -0.115. The van der Waals surface area contributed by atoms with E-state index in [-0.39, 0.29) is 5.91 Å². The van der Waals surface area contributed by atoms with Gasteiger partial charge in [-0.15, -0.1) is 21.5 Å². The molecule has 88 valence electrons. The Morgan fingerprint density at radius 1 is 1.59 bits per heavy atom. The number of carbonyl (C=O) groups excluding carboxylic acids is 1. The van der Waals surface area contributed by atoms with Crippen molar-refractivity contribution in [2.45, 2.75) is 25.3 Å². The van der Waals surface area contributed by atoms with Gasteiger partial charge in [-0.1, -0.05) is 0 Å². The Morgan fingerprint density at radius 2 is 2.47 bits per heavy atom. The fourth-order valence-electron chi connectivity index (χ4n) is 1.61. The maximum atomic E-state index is 11.8. The van der Waals surface area contributed by atoms with E-state index in [9.17, 15) is 4.79 Å². The number of rotatable bonds is 4. The molecule has 0 aliphatic heterocycles. The zero-order chi connectivity index (χ0) is 11.7. The van der Waals surface area contributed by atoms with Crippen LogP contribution in [-0.4, -0.2) is 25.7 Å². The minimum absolute atomic E-state index is 0.0795. The molecule has 2 aromatic heterocycles. The van der Waals surface area contributed by atoms with Crippen LogP contribution in [0.5, 0.6) is 0 Å². The molecule has 6 nitrogen and oxygen atoms in total. The molecule has 1 amide bonds. The summed E-state index contributed by atoms with van der Waals surface area (Å²) in [5.74, 6) is 0.464. The molecule has 1 aliphatic rings. The van der Waals surface area contributed by atoms with Crippen LogP contribution < -0.4 is 5.32 Å². The van der Waals surface area contributed by atoms with Gasteiger partial charge >= 0.3 is 0 Å². The molecular formula is C10H11N5OS. The van der Waals surface area contributed by atoms with Crippen LogP contribution in [0.25, 0.3) is 0 Å². The average molecular weight is 249 g/mol. The molecule has 2 aromatic rings. The molecule has 0 atom stereocenters. The molecule has 2 heterocycles. The van der Waals surface area contributed by atoms with E-state index in [1.165, 1.54) is 11.3 Å². The fourth-order valence-corrected chi connectivity index (χ4v) is 2.20. The predicted molar refractivity (Wildman–Crippen MR) is 62.7 cm³/mol. The predicted octanol–water partition coefficient (Wildman–Crippen LogP) is 1.25. The third-order valence-corrected chi connectivity index (χ3v) is 3.36. The molecule has 0 radical (unpaired) electrons. The van der Waals surface area contributed by atoms with E-state index < -0.39 is 0 Å². The molecule has 0 unspecified atom stereocenters. The summed E-state index contributed by atoms with van der Waals surface area (Å²) >= 11 is 1.47. The van der Waals surface area contributed by atoms with E-state index in [2.05, 4.69) is 20.5 Å². The van der Waals surface area contributed by atoms with Crippen molar-refractivity contribution in [1.29, 1.82) is 0 Å². The number of amides is 1. The number of thiazole rings is 1. The van der Waals surface area contributed by atoms with Crippen molar-refractivity contribution in [3.63, 3.8) is 0 Å². The Balaban J connectivity index is 1.65. The van der Waals surface area contributed by atoms with Crippen molar-refractivity contribution in [2.24, 2.45) is 0 Å². The molecule has 1 saturated carbocycles. The number of nitrogens with zero attached hydrogens (tertiary/aromatic N) is 4. The second-order valence-corrected chi connectivity index (χ2v) is 4.96. The normalized spacial score (nSPS) is 14.8. The van der Waals surface area contributed by atoms with Crippen LogP contribution in [-0.2, 0) is 11.2 Å². The first-order chi connectivity index (χ1) is 8.33. The van der Waals surface area contributed by atoms with Crippen LogP contribution >= 0.6 is 11.3 Å². The quantitative estimate of drug-likeness (QED) is 0.885. The number of hydrogen-bond donors (Lipinski definition) is 1. The van der Waals surface area contributed by atoms with E-state index in [1.54, 1.807) is 18.0 Å². The van der Waals surface area contributed by atoms with E-state index >= 15 is 0 Å². The molecule has 17 heavy (non-hydrogen) atoms. The van der Waals surface area contributed by atoms with Gasteiger partial charge in [0.05, 0.1) is 11.9 Å². The first kappa shape index (κ1) is 10.4. The second-order valence-electron chi connectivity index (χ2n) is 3.99. The lowest BCUT2D eigenvalue weighted by Crippen LogP contribution is -2.17. The first-order valence-electron chi connectivity index (χ1n) is 5.39. The summed E-state index contributed by atoms with van der Waals surface area (Å²) in [6, 6.07) is 0.462. The van der Waals surface area contributed by atoms with Crippen LogP contribution in [0.15, 0.2) is 18.0 Å². The fraction of sp³-hybridized carbons (Fsp3) is 0.400. The highest BCUT2D eigenvalue weighted by atomic mass is 32.1. The highest BCUT2D eigenvalue weighted by Gasteiger charge is 2.26. The van der Waals surface area contributed by atoms with Gasteiger partial charge in [0.1, 0.15) is 6.33 Å². The number of hydrogen-bond acceptors (Lipinski definition) is 5. The van der Waals surface area contributed by atoms with Crippen molar-refractivity contribution in [3.05, 3.63) is 22.9 Å².